The topological polar surface area (TPSA) is 76.6 Å². The number of hydrogen-bond donors (Lipinski definition) is 0. The summed E-state index contributed by atoms with van der Waals surface area (Å²) in [5.41, 5.74) is 1.67. The van der Waals surface area contributed by atoms with Gasteiger partial charge < -0.3 is 4.74 Å². The van der Waals surface area contributed by atoms with Crippen molar-refractivity contribution < 1.29 is 17.9 Å². The Balaban J connectivity index is 1.54. The first-order valence-electron chi connectivity index (χ1n) is 9.94. The summed E-state index contributed by atoms with van der Waals surface area (Å²) < 4.78 is 30.4. The zero-order valence-electron chi connectivity index (χ0n) is 17.0. The lowest BCUT2D eigenvalue weighted by Crippen LogP contribution is -2.24. The molecule has 1 unspecified atom stereocenters. The lowest BCUT2D eigenvalue weighted by molar-refractivity contribution is -0.149. The van der Waals surface area contributed by atoms with Gasteiger partial charge in [0.2, 0.25) is 0 Å². The molecule has 29 heavy (non-hydrogen) atoms. The number of carbonyl (C=O) groups excluding carboxylic acids is 1. The standard InChI is InChI=1S/C22H28N2O4S/c1-17(2)16-29(26,27)21-8-5-6-18(12-21)13-24-11-9-19(14-24)22(25)28-15-20-7-3-4-10-23-20/h3-8,10,12,17,19H,9,11,13-16H2,1-2H3. The smallest absolute Gasteiger partial charge is 0.310 e. The average Bonchev–Trinajstić information content (AvgIpc) is 3.15. The quantitative estimate of drug-likeness (QED) is 0.616. The second-order valence-electron chi connectivity index (χ2n) is 7.97. The van der Waals surface area contributed by atoms with Crippen LogP contribution in [0, 0.1) is 11.8 Å². The van der Waals surface area contributed by atoms with E-state index in [2.05, 4.69) is 9.88 Å². The zero-order chi connectivity index (χ0) is 20.9. The Labute approximate surface area is 172 Å². The van der Waals surface area contributed by atoms with E-state index in [-0.39, 0.29) is 30.2 Å². The van der Waals surface area contributed by atoms with Crippen molar-refractivity contribution in [3.63, 3.8) is 0 Å². The van der Waals surface area contributed by atoms with Crippen molar-refractivity contribution in [2.24, 2.45) is 11.8 Å². The van der Waals surface area contributed by atoms with Crippen LogP contribution in [0.15, 0.2) is 53.6 Å². The number of esters is 1. The lowest BCUT2D eigenvalue weighted by atomic mass is 10.1. The van der Waals surface area contributed by atoms with E-state index in [1.54, 1.807) is 24.4 Å². The first-order chi connectivity index (χ1) is 13.8. The molecule has 1 fully saturated rings. The molecule has 0 amide bonds. The van der Waals surface area contributed by atoms with E-state index in [4.69, 9.17) is 4.74 Å². The molecular formula is C22H28N2O4S. The van der Waals surface area contributed by atoms with Crippen LogP contribution in [-0.4, -0.2) is 43.1 Å². The van der Waals surface area contributed by atoms with Gasteiger partial charge in [0, 0.05) is 19.3 Å². The van der Waals surface area contributed by atoms with Crippen molar-refractivity contribution in [1.29, 1.82) is 0 Å². The minimum Gasteiger partial charge on any atom is -0.459 e. The second kappa shape index (κ2) is 9.50. The first-order valence-corrected chi connectivity index (χ1v) is 11.6. The molecule has 2 heterocycles. The highest BCUT2D eigenvalue weighted by Gasteiger charge is 2.29. The van der Waals surface area contributed by atoms with Crippen LogP contribution in [0.5, 0.6) is 0 Å². The number of aromatic nitrogens is 1. The molecule has 0 saturated carbocycles. The zero-order valence-corrected chi connectivity index (χ0v) is 17.8. The van der Waals surface area contributed by atoms with Crippen LogP contribution in [-0.2, 0) is 32.5 Å². The molecule has 0 aliphatic carbocycles. The van der Waals surface area contributed by atoms with Gasteiger partial charge in [-0.3, -0.25) is 14.7 Å². The maximum atomic E-state index is 12.5. The molecule has 1 aromatic carbocycles. The molecule has 1 aliphatic heterocycles. The second-order valence-corrected chi connectivity index (χ2v) is 10.0. The predicted octanol–water partition coefficient (Wildman–Crippen LogP) is 3.08. The van der Waals surface area contributed by atoms with E-state index in [1.165, 1.54) is 0 Å². The third kappa shape index (κ3) is 6.11. The van der Waals surface area contributed by atoms with E-state index in [1.807, 2.05) is 38.1 Å². The van der Waals surface area contributed by atoms with Gasteiger partial charge >= 0.3 is 5.97 Å². The highest BCUT2D eigenvalue weighted by atomic mass is 32.2. The van der Waals surface area contributed by atoms with Crippen molar-refractivity contribution in [2.75, 3.05) is 18.8 Å². The number of benzene rings is 1. The number of sulfone groups is 1. The van der Waals surface area contributed by atoms with Crippen LogP contribution >= 0.6 is 0 Å². The first kappa shape index (κ1) is 21.5. The predicted molar refractivity (Wildman–Crippen MR) is 111 cm³/mol. The summed E-state index contributed by atoms with van der Waals surface area (Å²) in [5.74, 6) is -0.136. The molecule has 0 bridgehead atoms. The Morgan fingerprint density at radius 1 is 1.24 bits per heavy atom. The Morgan fingerprint density at radius 3 is 2.79 bits per heavy atom. The molecule has 0 N–H and O–H groups in total. The third-order valence-corrected chi connectivity index (χ3v) is 6.99. The summed E-state index contributed by atoms with van der Waals surface area (Å²) in [6.07, 6.45) is 2.42. The molecule has 1 aliphatic rings. The van der Waals surface area contributed by atoms with Crippen LogP contribution in [0.3, 0.4) is 0 Å². The third-order valence-electron chi connectivity index (χ3n) is 4.91. The Kier molecular flexibility index (Phi) is 7.03. The number of rotatable bonds is 8. The van der Waals surface area contributed by atoms with Crippen molar-refractivity contribution in [3.05, 3.63) is 59.9 Å². The van der Waals surface area contributed by atoms with Crippen LogP contribution in [0.25, 0.3) is 0 Å². The molecule has 6 nitrogen and oxygen atoms in total. The van der Waals surface area contributed by atoms with Crippen molar-refractivity contribution in [1.82, 2.24) is 9.88 Å². The van der Waals surface area contributed by atoms with E-state index >= 15 is 0 Å². The summed E-state index contributed by atoms with van der Waals surface area (Å²) in [6, 6.07) is 12.6. The lowest BCUT2D eigenvalue weighted by Gasteiger charge is -2.16. The summed E-state index contributed by atoms with van der Waals surface area (Å²) in [5, 5.41) is 0. The van der Waals surface area contributed by atoms with Gasteiger partial charge in [-0.2, -0.15) is 0 Å². The SMILES string of the molecule is CC(C)CS(=O)(=O)c1cccc(CN2CCC(C(=O)OCc3ccccn3)C2)c1. The molecule has 0 spiro atoms. The molecule has 0 radical (unpaired) electrons. The van der Waals surface area contributed by atoms with Crippen LogP contribution in [0.2, 0.25) is 0 Å². The maximum Gasteiger partial charge on any atom is 0.310 e. The molecule has 1 aromatic heterocycles. The minimum absolute atomic E-state index is 0.0834. The van der Waals surface area contributed by atoms with Gasteiger partial charge in [0.05, 0.1) is 22.3 Å². The van der Waals surface area contributed by atoms with E-state index in [0.29, 0.717) is 18.0 Å². The van der Waals surface area contributed by atoms with E-state index in [9.17, 15) is 13.2 Å². The van der Waals surface area contributed by atoms with Gasteiger partial charge in [0.25, 0.3) is 0 Å². The molecule has 1 atom stereocenters. The Hall–Kier alpha value is -2.25. The largest absolute Gasteiger partial charge is 0.459 e. The normalized spacial score (nSPS) is 17.6. The fraction of sp³-hybridized carbons (Fsp3) is 0.455. The minimum atomic E-state index is -3.27. The molecule has 2 aromatic rings. The highest BCUT2D eigenvalue weighted by molar-refractivity contribution is 7.91. The molecule has 1 saturated heterocycles. The van der Waals surface area contributed by atoms with Gasteiger partial charge in [-0.05, 0) is 48.7 Å². The van der Waals surface area contributed by atoms with Crippen LogP contribution in [0.1, 0.15) is 31.5 Å². The van der Waals surface area contributed by atoms with Crippen molar-refractivity contribution in [2.45, 2.75) is 38.3 Å². The van der Waals surface area contributed by atoms with Gasteiger partial charge in [0.1, 0.15) is 6.61 Å². The molecule has 7 heteroatoms. The summed E-state index contributed by atoms with van der Waals surface area (Å²) in [6.45, 7) is 6.01. The monoisotopic (exact) mass is 416 g/mol. The summed E-state index contributed by atoms with van der Waals surface area (Å²) >= 11 is 0. The van der Waals surface area contributed by atoms with E-state index < -0.39 is 9.84 Å². The summed E-state index contributed by atoms with van der Waals surface area (Å²) in [7, 11) is -3.27. The molecule has 3 rings (SSSR count). The van der Waals surface area contributed by atoms with E-state index in [0.717, 1.165) is 24.2 Å². The number of carbonyl (C=O) groups is 1. The Morgan fingerprint density at radius 2 is 2.07 bits per heavy atom. The Bertz CT molecular complexity index is 929. The van der Waals surface area contributed by atoms with Crippen LogP contribution in [0.4, 0.5) is 0 Å². The van der Waals surface area contributed by atoms with Crippen molar-refractivity contribution in [3.8, 4) is 0 Å². The van der Waals surface area contributed by atoms with Gasteiger partial charge in [-0.25, -0.2) is 8.42 Å². The number of hydrogen-bond acceptors (Lipinski definition) is 6. The van der Waals surface area contributed by atoms with Gasteiger partial charge in [0.15, 0.2) is 9.84 Å². The summed E-state index contributed by atoms with van der Waals surface area (Å²) in [4.78, 5) is 19.0. The number of pyridine rings is 1. The highest BCUT2D eigenvalue weighted by Crippen LogP contribution is 2.22. The number of ether oxygens (including phenoxy) is 1. The fourth-order valence-corrected chi connectivity index (χ4v) is 5.23. The van der Waals surface area contributed by atoms with Crippen molar-refractivity contribution >= 4 is 15.8 Å². The average molecular weight is 417 g/mol. The molecular weight excluding hydrogens is 388 g/mol. The number of likely N-dealkylation sites (tertiary alicyclic amines) is 1. The van der Waals surface area contributed by atoms with Gasteiger partial charge in [-0.15, -0.1) is 0 Å². The molecule has 156 valence electrons. The maximum absolute atomic E-state index is 12.5. The fourth-order valence-electron chi connectivity index (χ4n) is 3.55. The number of nitrogens with zero attached hydrogens (tertiary/aromatic N) is 2. The van der Waals surface area contributed by atoms with Crippen LogP contribution < -0.4 is 0 Å². The van der Waals surface area contributed by atoms with Gasteiger partial charge in [-0.1, -0.05) is 32.0 Å².